The number of carbonyl (C=O) groups excluding carboxylic acids is 1. The van der Waals surface area contributed by atoms with Gasteiger partial charge in [-0.15, -0.1) is 10.2 Å². The lowest BCUT2D eigenvalue weighted by atomic mass is 10.2. The first-order chi connectivity index (χ1) is 11.9. The van der Waals surface area contributed by atoms with Gasteiger partial charge in [-0.25, -0.2) is 9.67 Å². The molecular formula is C13H9Cl2N7O3. The maximum Gasteiger partial charge on any atom is 0.343 e. The monoisotopic (exact) mass is 381 g/mol. The Bertz CT molecular complexity index is 933. The summed E-state index contributed by atoms with van der Waals surface area (Å²) in [6, 6.07) is 6.14. The highest BCUT2D eigenvalue weighted by Crippen LogP contribution is 2.24. The van der Waals surface area contributed by atoms with Gasteiger partial charge in [0.05, 0.1) is 12.6 Å². The Hall–Kier alpha value is -2.98. The van der Waals surface area contributed by atoms with Gasteiger partial charge in [0.25, 0.3) is 5.91 Å². The lowest BCUT2D eigenvalue weighted by Gasteiger charge is -2.06. The van der Waals surface area contributed by atoms with Crippen LogP contribution in [0.4, 0.5) is 11.8 Å². The van der Waals surface area contributed by atoms with Crippen molar-refractivity contribution in [3.63, 3.8) is 0 Å². The number of benzene rings is 1. The number of aromatic nitrogens is 5. The van der Waals surface area contributed by atoms with Crippen LogP contribution >= 0.6 is 23.2 Å². The number of nitrogens with zero attached hydrogens (tertiary/aromatic N) is 5. The van der Waals surface area contributed by atoms with E-state index in [1.54, 1.807) is 18.2 Å². The van der Waals surface area contributed by atoms with Crippen LogP contribution < -0.4 is 5.32 Å². The average molecular weight is 382 g/mol. The molecule has 1 aromatic carbocycles. The third-order valence-electron chi connectivity index (χ3n) is 3.14. The van der Waals surface area contributed by atoms with Gasteiger partial charge in [0.2, 0.25) is 5.95 Å². The van der Waals surface area contributed by atoms with E-state index in [-0.39, 0.29) is 18.2 Å². The average Bonchev–Trinajstić information content (AvgIpc) is 3.20. The summed E-state index contributed by atoms with van der Waals surface area (Å²) < 4.78 is 1.44. The van der Waals surface area contributed by atoms with Gasteiger partial charge in [0.1, 0.15) is 6.33 Å². The highest BCUT2D eigenvalue weighted by molar-refractivity contribution is 6.35. The van der Waals surface area contributed by atoms with E-state index in [1.807, 2.05) is 0 Å². The van der Waals surface area contributed by atoms with Gasteiger partial charge in [-0.05, 0) is 17.1 Å². The topological polar surface area (TPSA) is 132 Å². The van der Waals surface area contributed by atoms with Gasteiger partial charge in [-0.3, -0.25) is 10.1 Å². The molecular weight excluding hydrogens is 373 g/mol. The molecule has 0 atom stereocenters. The van der Waals surface area contributed by atoms with E-state index >= 15 is 0 Å². The molecule has 3 rings (SSSR count). The van der Waals surface area contributed by atoms with Crippen LogP contribution in [-0.4, -0.2) is 35.8 Å². The van der Waals surface area contributed by atoms with Crippen molar-refractivity contribution >= 4 is 40.9 Å². The summed E-state index contributed by atoms with van der Waals surface area (Å²) in [5, 5.41) is 23.7. The van der Waals surface area contributed by atoms with Crippen molar-refractivity contribution in [1.82, 2.24) is 25.0 Å². The number of amides is 1. The van der Waals surface area contributed by atoms with Crippen LogP contribution in [0.2, 0.25) is 10.0 Å². The molecule has 2 aromatic heterocycles. The number of nitrogens with one attached hydrogen (secondary N) is 2. The molecule has 0 aliphatic carbocycles. The van der Waals surface area contributed by atoms with Crippen molar-refractivity contribution in [3.05, 3.63) is 62.0 Å². The van der Waals surface area contributed by atoms with Gasteiger partial charge in [-0.2, -0.15) is 0 Å². The van der Waals surface area contributed by atoms with Crippen LogP contribution in [0.5, 0.6) is 0 Å². The molecule has 3 aromatic rings. The van der Waals surface area contributed by atoms with E-state index in [0.29, 0.717) is 15.6 Å². The molecule has 25 heavy (non-hydrogen) atoms. The predicted octanol–water partition coefficient (Wildman–Crippen LogP) is 2.52. The summed E-state index contributed by atoms with van der Waals surface area (Å²) >= 11 is 12.2. The van der Waals surface area contributed by atoms with E-state index in [9.17, 15) is 14.9 Å². The van der Waals surface area contributed by atoms with Crippen molar-refractivity contribution < 1.29 is 9.72 Å². The minimum atomic E-state index is -0.690. The Labute approximate surface area is 149 Å². The second kappa shape index (κ2) is 6.87. The van der Waals surface area contributed by atoms with E-state index in [1.165, 1.54) is 11.0 Å². The summed E-state index contributed by atoms with van der Waals surface area (Å²) in [4.78, 5) is 25.8. The van der Waals surface area contributed by atoms with Crippen LogP contribution in [0.1, 0.15) is 16.1 Å². The summed E-state index contributed by atoms with van der Waals surface area (Å²) in [5.41, 5.74) is 0.508. The predicted molar refractivity (Wildman–Crippen MR) is 88.8 cm³/mol. The lowest BCUT2D eigenvalue weighted by Crippen LogP contribution is -2.14. The zero-order valence-corrected chi connectivity index (χ0v) is 13.8. The molecule has 2 heterocycles. The molecule has 2 N–H and O–H groups in total. The van der Waals surface area contributed by atoms with Crippen molar-refractivity contribution in [1.29, 1.82) is 0 Å². The van der Waals surface area contributed by atoms with Crippen molar-refractivity contribution in [2.75, 3.05) is 5.32 Å². The van der Waals surface area contributed by atoms with Crippen LogP contribution in [0, 0.1) is 10.1 Å². The first-order valence-electron chi connectivity index (χ1n) is 6.77. The fraction of sp³-hybridized carbons (Fsp3) is 0.0769. The number of anilines is 1. The lowest BCUT2D eigenvalue weighted by molar-refractivity contribution is -0.389. The largest absolute Gasteiger partial charge is 0.358 e. The Balaban J connectivity index is 1.71. The van der Waals surface area contributed by atoms with Gasteiger partial charge in [-0.1, -0.05) is 34.4 Å². The molecule has 1 amide bonds. The van der Waals surface area contributed by atoms with E-state index in [0.717, 1.165) is 6.07 Å². The molecule has 0 spiro atoms. The van der Waals surface area contributed by atoms with Crippen molar-refractivity contribution in [3.8, 4) is 0 Å². The van der Waals surface area contributed by atoms with Gasteiger partial charge < -0.3 is 10.1 Å². The molecule has 10 nitrogen and oxygen atoms in total. The smallest absolute Gasteiger partial charge is 0.343 e. The summed E-state index contributed by atoms with van der Waals surface area (Å²) in [7, 11) is 0. The molecule has 0 unspecified atom stereocenters. The number of halogens is 2. The zero-order valence-electron chi connectivity index (χ0n) is 12.3. The molecule has 0 saturated heterocycles. The third kappa shape index (κ3) is 3.75. The minimum absolute atomic E-state index is 0.0128. The Morgan fingerprint density at radius 1 is 1.36 bits per heavy atom. The Morgan fingerprint density at radius 3 is 2.72 bits per heavy atom. The van der Waals surface area contributed by atoms with Gasteiger partial charge >= 0.3 is 5.82 Å². The standard InChI is InChI=1S/C13H9Cl2N7O3/c14-8-2-1-3-9(15)7(8)5-21-6-16-13(20-21)17-12(23)10-4-11(19-18-10)22(24)25/h1-4,6H,5H2,(H,18,19)(H,17,20,23). The molecule has 0 aliphatic heterocycles. The van der Waals surface area contributed by atoms with Gasteiger partial charge in [0, 0.05) is 15.6 Å². The Kier molecular flexibility index (Phi) is 4.63. The third-order valence-corrected chi connectivity index (χ3v) is 3.85. The highest BCUT2D eigenvalue weighted by atomic mass is 35.5. The first-order valence-corrected chi connectivity index (χ1v) is 7.53. The quantitative estimate of drug-likeness (QED) is 0.515. The number of hydrogen-bond donors (Lipinski definition) is 2. The summed E-state index contributed by atoms with van der Waals surface area (Å²) in [5.74, 6) is -1.06. The SMILES string of the molecule is O=C(Nc1ncn(Cc2c(Cl)cccc2Cl)n1)c1cc([N+](=O)[O-])[nH]n1. The number of hydrogen-bond acceptors (Lipinski definition) is 6. The molecule has 0 radical (unpaired) electrons. The van der Waals surface area contributed by atoms with Crippen LogP contribution in [0.3, 0.4) is 0 Å². The minimum Gasteiger partial charge on any atom is -0.358 e. The van der Waals surface area contributed by atoms with E-state index in [4.69, 9.17) is 23.2 Å². The number of rotatable bonds is 5. The molecule has 0 fully saturated rings. The second-order valence-corrected chi connectivity index (χ2v) is 5.63. The fourth-order valence-electron chi connectivity index (χ4n) is 1.96. The second-order valence-electron chi connectivity index (χ2n) is 4.82. The number of aromatic amines is 1. The van der Waals surface area contributed by atoms with Crippen molar-refractivity contribution in [2.45, 2.75) is 6.54 Å². The van der Waals surface area contributed by atoms with Crippen LogP contribution in [0.15, 0.2) is 30.6 Å². The fourth-order valence-corrected chi connectivity index (χ4v) is 2.48. The number of carbonyl (C=O) groups is 1. The summed E-state index contributed by atoms with van der Waals surface area (Å²) in [6.07, 6.45) is 1.39. The molecule has 0 bridgehead atoms. The van der Waals surface area contributed by atoms with E-state index in [2.05, 4.69) is 25.6 Å². The Morgan fingerprint density at radius 2 is 2.08 bits per heavy atom. The molecule has 0 saturated carbocycles. The van der Waals surface area contributed by atoms with Crippen molar-refractivity contribution in [2.24, 2.45) is 0 Å². The van der Waals surface area contributed by atoms with Crippen LogP contribution in [-0.2, 0) is 6.54 Å². The van der Waals surface area contributed by atoms with Gasteiger partial charge in [0.15, 0.2) is 5.69 Å². The van der Waals surface area contributed by atoms with E-state index < -0.39 is 16.6 Å². The normalized spacial score (nSPS) is 10.6. The number of H-pyrrole nitrogens is 1. The maximum atomic E-state index is 12.0. The maximum absolute atomic E-state index is 12.0. The summed E-state index contributed by atoms with van der Waals surface area (Å²) in [6.45, 7) is 0.259. The molecule has 128 valence electrons. The molecule has 0 aliphatic rings. The molecule has 12 heteroatoms. The number of nitro groups is 1. The zero-order chi connectivity index (χ0) is 18.0. The first kappa shape index (κ1) is 16.9. The highest BCUT2D eigenvalue weighted by Gasteiger charge is 2.18. The van der Waals surface area contributed by atoms with Crippen LogP contribution in [0.25, 0.3) is 0 Å².